The van der Waals surface area contributed by atoms with Crippen molar-refractivity contribution in [1.29, 1.82) is 0 Å². The molecule has 0 bridgehead atoms. The Hall–Kier alpha value is -3.99. The molecule has 11 heteroatoms. The van der Waals surface area contributed by atoms with Crippen LogP contribution < -0.4 is 10.5 Å². The number of oxazole rings is 1. The van der Waals surface area contributed by atoms with E-state index in [1.54, 1.807) is 18.2 Å². The van der Waals surface area contributed by atoms with Crippen molar-refractivity contribution >= 4 is 16.8 Å². The molecule has 2 aromatic carbocycles. The summed E-state index contributed by atoms with van der Waals surface area (Å²) in [5.41, 5.74) is 6.08. The Morgan fingerprint density at radius 1 is 1.14 bits per heavy atom. The van der Waals surface area contributed by atoms with Crippen molar-refractivity contribution in [2.24, 2.45) is 5.73 Å². The molecule has 0 saturated heterocycles. The number of hydrogen-bond donors (Lipinski definition) is 1. The lowest BCUT2D eigenvalue weighted by Crippen LogP contribution is -2.27. The van der Waals surface area contributed by atoms with E-state index in [0.29, 0.717) is 16.7 Å². The summed E-state index contributed by atoms with van der Waals surface area (Å²) >= 11 is 0. The molecule has 0 fully saturated rings. The SMILES string of the molecule is COc1ccc(-c2nc(C(=O)N3Cc4cccc(F)c4C3)c(CN)o2)c2ccc(C(F)(F)F)nc12. The predicted octanol–water partition coefficient (Wildman–Crippen LogP) is 4.67. The first-order chi connectivity index (χ1) is 16.7. The van der Waals surface area contributed by atoms with E-state index >= 15 is 0 Å². The molecule has 1 amide bonds. The van der Waals surface area contributed by atoms with Gasteiger partial charge in [-0.05, 0) is 35.9 Å². The van der Waals surface area contributed by atoms with Gasteiger partial charge in [-0.2, -0.15) is 13.2 Å². The average molecular weight is 486 g/mol. The van der Waals surface area contributed by atoms with Gasteiger partial charge in [0.05, 0.1) is 13.7 Å². The Labute approximate surface area is 196 Å². The number of carbonyl (C=O) groups excluding carboxylic acids is 1. The van der Waals surface area contributed by atoms with E-state index in [1.807, 2.05) is 0 Å². The minimum Gasteiger partial charge on any atom is -0.494 e. The smallest absolute Gasteiger partial charge is 0.433 e. The number of fused-ring (bicyclic) bond motifs is 2. The first-order valence-corrected chi connectivity index (χ1v) is 10.5. The Morgan fingerprint density at radius 2 is 1.94 bits per heavy atom. The van der Waals surface area contributed by atoms with E-state index in [-0.39, 0.29) is 53.6 Å². The van der Waals surface area contributed by atoms with Crippen LogP contribution in [0.4, 0.5) is 17.6 Å². The molecule has 0 atom stereocenters. The van der Waals surface area contributed by atoms with Crippen LogP contribution in [0.25, 0.3) is 22.4 Å². The lowest BCUT2D eigenvalue weighted by molar-refractivity contribution is -0.140. The van der Waals surface area contributed by atoms with Crippen LogP contribution in [0, 0.1) is 5.82 Å². The van der Waals surface area contributed by atoms with E-state index in [9.17, 15) is 22.4 Å². The fourth-order valence-corrected chi connectivity index (χ4v) is 4.15. The minimum absolute atomic E-state index is 0.00842. The fraction of sp³-hybridized carbons (Fsp3) is 0.208. The van der Waals surface area contributed by atoms with E-state index in [2.05, 4.69) is 9.97 Å². The van der Waals surface area contributed by atoms with Crippen molar-refractivity contribution < 1.29 is 31.5 Å². The fourth-order valence-electron chi connectivity index (χ4n) is 4.15. The molecule has 7 nitrogen and oxygen atoms in total. The summed E-state index contributed by atoms with van der Waals surface area (Å²) in [6.07, 6.45) is -4.64. The summed E-state index contributed by atoms with van der Waals surface area (Å²) < 4.78 is 64.8. The van der Waals surface area contributed by atoms with E-state index in [4.69, 9.17) is 14.9 Å². The number of methoxy groups -OCH3 is 1. The number of nitrogens with zero attached hydrogens (tertiary/aromatic N) is 3. The maximum Gasteiger partial charge on any atom is 0.433 e. The average Bonchev–Trinajstić information content (AvgIpc) is 3.47. The Bertz CT molecular complexity index is 1470. The number of pyridine rings is 1. The number of amides is 1. The lowest BCUT2D eigenvalue weighted by atomic mass is 10.1. The molecule has 0 radical (unpaired) electrons. The Balaban J connectivity index is 1.56. The molecule has 35 heavy (non-hydrogen) atoms. The lowest BCUT2D eigenvalue weighted by Gasteiger charge is -2.14. The van der Waals surface area contributed by atoms with Crippen LogP contribution in [-0.2, 0) is 25.8 Å². The number of nitrogens with two attached hydrogens (primary N) is 1. The number of carbonyl (C=O) groups is 1. The third-order valence-corrected chi connectivity index (χ3v) is 5.86. The highest BCUT2D eigenvalue weighted by atomic mass is 19.4. The van der Waals surface area contributed by atoms with Crippen LogP contribution in [0.3, 0.4) is 0 Å². The molecular weight excluding hydrogens is 468 g/mol. The summed E-state index contributed by atoms with van der Waals surface area (Å²) in [7, 11) is 1.32. The molecule has 1 aliphatic heterocycles. The second-order valence-electron chi connectivity index (χ2n) is 7.94. The minimum atomic E-state index is -4.64. The van der Waals surface area contributed by atoms with Crippen molar-refractivity contribution in [3.8, 4) is 17.2 Å². The van der Waals surface area contributed by atoms with Crippen molar-refractivity contribution in [1.82, 2.24) is 14.9 Å². The van der Waals surface area contributed by atoms with Crippen LogP contribution in [0.1, 0.15) is 33.1 Å². The van der Waals surface area contributed by atoms with Crippen LogP contribution >= 0.6 is 0 Å². The van der Waals surface area contributed by atoms with Crippen LogP contribution in [0.2, 0.25) is 0 Å². The van der Waals surface area contributed by atoms with Gasteiger partial charge in [-0.25, -0.2) is 14.4 Å². The standard InChI is InChI=1S/C24H18F4N4O3/c1-34-17-7-5-14(13-6-8-19(24(26,27)28)30-20(13)17)22-31-21(18(9-29)35-22)23(33)32-10-12-3-2-4-16(25)15(12)11-32/h2-8H,9-11,29H2,1H3. The van der Waals surface area contributed by atoms with Gasteiger partial charge in [-0.3, -0.25) is 4.79 Å². The summed E-state index contributed by atoms with van der Waals surface area (Å²) in [6.45, 7) is 0.129. The monoisotopic (exact) mass is 486 g/mol. The van der Waals surface area contributed by atoms with Crippen LogP contribution in [-0.4, -0.2) is 27.9 Å². The van der Waals surface area contributed by atoms with Gasteiger partial charge in [0.15, 0.2) is 11.5 Å². The predicted molar refractivity (Wildman–Crippen MR) is 117 cm³/mol. The van der Waals surface area contributed by atoms with Gasteiger partial charge in [-0.15, -0.1) is 0 Å². The molecule has 5 rings (SSSR count). The summed E-state index contributed by atoms with van der Waals surface area (Å²) in [5.74, 6) is -0.663. The molecule has 2 aromatic heterocycles. The van der Waals surface area contributed by atoms with Gasteiger partial charge < -0.3 is 19.8 Å². The third kappa shape index (κ3) is 3.87. The van der Waals surface area contributed by atoms with Crippen molar-refractivity contribution in [3.05, 3.63) is 76.6 Å². The maximum absolute atomic E-state index is 14.1. The maximum atomic E-state index is 14.1. The summed E-state index contributed by atoms with van der Waals surface area (Å²) in [6, 6.07) is 9.75. The quantitative estimate of drug-likeness (QED) is 0.422. The highest BCUT2D eigenvalue weighted by molar-refractivity contribution is 5.98. The number of benzene rings is 2. The topological polar surface area (TPSA) is 94.5 Å². The van der Waals surface area contributed by atoms with Crippen molar-refractivity contribution in [3.63, 3.8) is 0 Å². The largest absolute Gasteiger partial charge is 0.494 e. The number of halogens is 4. The first-order valence-electron chi connectivity index (χ1n) is 10.5. The van der Waals surface area contributed by atoms with E-state index in [0.717, 1.165) is 6.07 Å². The molecule has 2 N–H and O–H groups in total. The second kappa shape index (κ2) is 8.35. The molecule has 0 aliphatic carbocycles. The van der Waals surface area contributed by atoms with E-state index < -0.39 is 23.6 Å². The van der Waals surface area contributed by atoms with Gasteiger partial charge >= 0.3 is 6.18 Å². The zero-order chi connectivity index (χ0) is 24.9. The van der Waals surface area contributed by atoms with Gasteiger partial charge in [0, 0.05) is 29.6 Å². The molecule has 0 spiro atoms. The van der Waals surface area contributed by atoms with Gasteiger partial charge in [0.25, 0.3) is 5.91 Å². The number of alkyl halides is 3. The highest BCUT2D eigenvalue weighted by Gasteiger charge is 2.34. The highest BCUT2D eigenvalue weighted by Crippen LogP contribution is 2.37. The van der Waals surface area contributed by atoms with Gasteiger partial charge in [0.1, 0.15) is 22.8 Å². The van der Waals surface area contributed by atoms with Crippen molar-refractivity contribution in [2.75, 3.05) is 7.11 Å². The number of ether oxygens (including phenoxy) is 1. The second-order valence-corrected chi connectivity index (χ2v) is 7.94. The number of rotatable bonds is 4. The summed E-state index contributed by atoms with van der Waals surface area (Å²) in [4.78, 5) is 22.7. The summed E-state index contributed by atoms with van der Waals surface area (Å²) in [5, 5.41) is 0.289. The molecule has 4 aromatic rings. The zero-order valence-electron chi connectivity index (χ0n) is 18.3. The number of hydrogen-bond acceptors (Lipinski definition) is 6. The normalized spacial score (nSPS) is 13.4. The molecular formula is C24H18F4N4O3. The third-order valence-electron chi connectivity index (χ3n) is 5.86. The van der Waals surface area contributed by atoms with Crippen molar-refractivity contribution in [2.45, 2.75) is 25.8 Å². The van der Waals surface area contributed by atoms with E-state index in [1.165, 1.54) is 30.2 Å². The first kappa shape index (κ1) is 22.8. The molecule has 3 heterocycles. The van der Waals surface area contributed by atoms with Gasteiger partial charge in [-0.1, -0.05) is 12.1 Å². The molecule has 180 valence electrons. The van der Waals surface area contributed by atoms with Gasteiger partial charge in [0.2, 0.25) is 5.89 Å². The Morgan fingerprint density at radius 3 is 2.63 bits per heavy atom. The molecule has 1 aliphatic rings. The zero-order valence-corrected chi connectivity index (χ0v) is 18.3. The number of aromatic nitrogens is 2. The molecule has 0 saturated carbocycles. The van der Waals surface area contributed by atoms with Crippen LogP contribution in [0.5, 0.6) is 5.75 Å². The van der Waals surface area contributed by atoms with Crippen LogP contribution in [0.15, 0.2) is 46.9 Å². The molecule has 0 unspecified atom stereocenters. The Kier molecular flexibility index (Phi) is 5.43.